The van der Waals surface area contributed by atoms with E-state index in [0.29, 0.717) is 22.1 Å². The van der Waals surface area contributed by atoms with Crippen molar-refractivity contribution in [2.75, 3.05) is 7.05 Å². The van der Waals surface area contributed by atoms with E-state index in [2.05, 4.69) is 6.92 Å². The van der Waals surface area contributed by atoms with Crippen molar-refractivity contribution in [2.45, 2.75) is 25.8 Å². The van der Waals surface area contributed by atoms with Crippen molar-refractivity contribution in [1.29, 1.82) is 0 Å². The molecule has 112 valence electrons. The minimum absolute atomic E-state index is 0.0648. The van der Waals surface area contributed by atoms with Crippen molar-refractivity contribution in [3.05, 3.63) is 40.4 Å². The Labute approximate surface area is 129 Å². The lowest BCUT2D eigenvalue weighted by molar-refractivity contribution is -0.131. The van der Waals surface area contributed by atoms with Crippen LogP contribution in [0.2, 0.25) is 5.02 Å². The highest BCUT2D eigenvalue weighted by atomic mass is 35.5. The second-order valence-electron chi connectivity index (χ2n) is 5.40. The molecule has 0 aliphatic heterocycles. The molecule has 0 radical (unpaired) electrons. The lowest BCUT2D eigenvalue weighted by Gasteiger charge is -2.25. The van der Waals surface area contributed by atoms with Crippen molar-refractivity contribution in [3.8, 4) is 0 Å². The molecule has 0 bridgehead atoms. The van der Waals surface area contributed by atoms with Crippen LogP contribution in [0.4, 0.5) is 0 Å². The van der Waals surface area contributed by atoms with Gasteiger partial charge >= 0.3 is 5.97 Å². The van der Waals surface area contributed by atoms with Crippen LogP contribution in [0, 0.1) is 5.92 Å². The summed E-state index contributed by atoms with van der Waals surface area (Å²) in [5.74, 6) is -0.499. The van der Waals surface area contributed by atoms with Crippen LogP contribution in [0.5, 0.6) is 0 Å². The molecule has 1 N–H and O–H groups in total. The van der Waals surface area contributed by atoms with E-state index in [9.17, 15) is 9.59 Å². The molecular weight excluding hydrogens is 290 g/mol. The molecule has 4 nitrogen and oxygen atoms in total. The van der Waals surface area contributed by atoms with Gasteiger partial charge in [-0.2, -0.15) is 0 Å². The summed E-state index contributed by atoms with van der Waals surface area (Å²) in [6, 6.07) is 5.14. The topological polar surface area (TPSA) is 57.6 Å². The smallest absolute Gasteiger partial charge is 0.328 e. The van der Waals surface area contributed by atoms with E-state index in [4.69, 9.17) is 16.7 Å². The van der Waals surface area contributed by atoms with Gasteiger partial charge in [0, 0.05) is 29.8 Å². The van der Waals surface area contributed by atoms with Crippen molar-refractivity contribution in [1.82, 2.24) is 4.90 Å². The number of amides is 1. The zero-order valence-electron chi connectivity index (χ0n) is 12.0. The van der Waals surface area contributed by atoms with E-state index in [1.807, 2.05) is 0 Å². The fraction of sp³-hybridized carbons (Fsp3) is 0.375. The largest absolute Gasteiger partial charge is 0.478 e. The maximum absolute atomic E-state index is 12.4. The van der Waals surface area contributed by atoms with Crippen LogP contribution in [0.25, 0.3) is 6.08 Å². The highest BCUT2D eigenvalue weighted by Gasteiger charge is 2.32. The number of aliphatic carboxylic acids is 1. The Balaban J connectivity index is 2.15. The lowest BCUT2D eigenvalue weighted by Crippen LogP contribution is -2.36. The number of nitrogens with zero attached hydrogens (tertiary/aromatic N) is 1. The Morgan fingerprint density at radius 3 is 2.62 bits per heavy atom. The molecule has 0 heterocycles. The molecule has 1 fully saturated rings. The lowest BCUT2D eigenvalue weighted by atomic mass is 10.1. The van der Waals surface area contributed by atoms with Gasteiger partial charge in [-0.3, -0.25) is 4.79 Å². The number of benzene rings is 1. The highest BCUT2D eigenvalue weighted by Crippen LogP contribution is 2.35. The molecule has 0 spiro atoms. The van der Waals surface area contributed by atoms with E-state index in [-0.39, 0.29) is 11.9 Å². The van der Waals surface area contributed by atoms with E-state index >= 15 is 0 Å². The van der Waals surface area contributed by atoms with E-state index in [1.165, 1.54) is 18.9 Å². The van der Waals surface area contributed by atoms with Crippen LogP contribution in [0.15, 0.2) is 24.3 Å². The molecule has 21 heavy (non-hydrogen) atoms. The van der Waals surface area contributed by atoms with E-state index < -0.39 is 5.97 Å². The van der Waals surface area contributed by atoms with E-state index in [1.54, 1.807) is 30.1 Å². The summed E-state index contributed by atoms with van der Waals surface area (Å²) in [6.45, 7) is 2.06. The predicted molar refractivity (Wildman–Crippen MR) is 82.4 cm³/mol. The first-order valence-electron chi connectivity index (χ1n) is 6.88. The Morgan fingerprint density at radius 1 is 1.43 bits per heavy atom. The third-order valence-electron chi connectivity index (χ3n) is 3.89. The van der Waals surface area contributed by atoms with Crippen LogP contribution in [-0.2, 0) is 4.79 Å². The molecule has 2 rings (SSSR count). The summed E-state index contributed by atoms with van der Waals surface area (Å²) in [4.78, 5) is 24.7. The van der Waals surface area contributed by atoms with Gasteiger partial charge in [-0.1, -0.05) is 17.7 Å². The average Bonchev–Trinajstić information content (AvgIpc) is 3.28. The third-order valence-corrected chi connectivity index (χ3v) is 4.22. The van der Waals surface area contributed by atoms with Gasteiger partial charge in [-0.15, -0.1) is 0 Å². The van der Waals surface area contributed by atoms with Crippen molar-refractivity contribution >= 4 is 29.6 Å². The van der Waals surface area contributed by atoms with Gasteiger partial charge in [0.1, 0.15) is 0 Å². The first-order chi connectivity index (χ1) is 9.90. The number of hydrogen-bond acceptors (Lipinski definition) is 2. The molecule has 1 amide bonds. The zero-order valence-corrected chi connectivity index (χ0v) is 12.8. The molecule has 0 saturated heterocycles. The molecule has 0 aromatic heterocycles. The molecule has 1 aliphatic carbocycles. The minimum atomic E-state index is -1.04. The van der Waals surface area contributed by atoms with Gasteiger partial charge in [0.05, 0.1) is 0 Å². The van der Waals surface area contributed by atoms with Gasteiger partial charge in [0.25, 0.3) is 5.91 Å². The second kappa shape index (κ2) is 6.31. The number of carboxylic acids is 1. The Morgan fingerprint density at radius 2 is 2.10 bits per heavy atom. The van der Waals surface area contributed by atoms with Crippen LogP contribution in [0.3, 0.4) is 0 Å². The van der Waals surface area contributed by atoms with Crippen molar-refractivity contribution in [3.63, 3.8) is 0 Å². The second-order valence-corrected chi connectivity index (χ2v) is 5.81. The van der Waals surface area contributed by atoms with Gasteiger partial charge in [-0.25, -0.2) is 4.79 Å². The molecule has 1 atom stereocenters. The maximum atomic E-state index is 12.4. The Hall–Kier alpha value is -1.81. The standard InChI is InChI=1S/C16H18ClNO3/c1-10(11-3-4-11)18(2)16(21)13-6-5-12(14(17)9-13)7-8-15(19)20/h5-11H,3-4H2,1-2H3,(H,19,20)/b8-7+. The summed E-state index contributed by atoms with van der Waals surface area (Å²) in [6.07, 6.45) is 4.79. The summed E-state index contributed by atoms with van der Waals surface area (Å²) >= 11 is 6.10. The molecule has 1 saturated carbocycles. The number of hydrogen-bond donors (Lipinski definition) is 1. The quantitative estimate of drug-likeness (QED) is 0.849. The first kappa shape index (κ1) is 15.6. The molecule has 1 aromatic rings. The first-order valence-corrected chi connectivity index (χ1v) is 7.25. The molecule has 5 heteroatoms. The van der Waals surface area contributed by atoms with Gasteiger partial charge in [0.15, 0.2) is 0 Å². The number of carbonyl (C=O) groups excluding carboxylic acids is 1. The predicted octanol–water partition coefficient (Wildman–Crippen LogP) is 3.31. The number of carbonyl (C=O) groups is 2. The fourth-order valence-electron chi connectivity index (χ4n) is 2.24. The number of carboxylic acid groups (broad SMARTS) is 1. The van der Waals surface area contributed by atoms with Crippen LogP contribution in [-0.4, -0.2) is 35.0 Å². The van der Waals surface area contributed by atoms with Crippen molar-refractivity contribution < 1.29 is 14.7 Å². The third kappa shape index (κ3) is 3.85. The molecule has 1 aliphatic rings. The zero-order chi connectivity index (χ0) is 15.6. The van der Waals surface area contributed by atoms with Gasteiger partial charge in [0.2, 0.25) is 0 Å². The number of rotatable bonds is 5. The fourth-order valence-corrected chi connectivity index (χ4v) is 2.48. The monoisotopic (exact) mass is 307 g/mol. The number of halogens is 1. The molecular formula is C16H18ClNO3. The molecule has 1 unspecified atom stereocenters. The van der Waals surface area contributed by atoms with Crippen LogP contribution < -0.4 is 0 Å². The van der Waals surface area contributed by atoms with E-state index in [0.717, 1.165) is 6.08 Å². The van der Waals surface area contributed by atoms with Gasteiger partial charge in [-0.05, 0) is 49.5 Å². The summed E-state index contributed by atoms with van der Waals surface area (Å²) in [7, 11) is 1.80. The SMILES string of the molecule is CC(C1CC1)N(C)C(=O)c1ccc(/C=C/C(=O)O)c(Cl)c1. The Bertz CT molecular complexity index is 593. The van der Waals surface area contributed by atoms with Crippen LogP contribution in [0.1, 0.15) is 35.7 Å². The summed E-state index contributed by atoms with van der Waals surface area (Å²) in [5.41, 5.74) is 1.09. The highest BCUT2D eigenvalue weighted by molar-refractivity contribution is 6.32. The normalized spacial score (nSPS) is 16.0. The average molecular weight is 308 g/mol. The minimum Gasteiger partial charge on any atom is -0.478 e. The summed E-state index contributed by atoms with van der Waals surface area (Å²) < 4.78 is 0. The Kier molecular flexibility index (Phi) is 4.68. The van der Waals surface area contributed by atoms with Gasteiger partial charge < -0.3 is 10.0 Å². The van der Waals surface area contributed by atoms with Crippen molar-refractivity contribution in [2.24, 2.45) is 5.92 Å². The van der Waals surface area contributed by atoms with Crippen LogP contribution >= 0.6 is 11.6 Å². The molecule has 1 aromatic carbocycles. The maximum Gasteiger partial charge on any atom is 0.328 e. The summed E-state index contributed by atoms with van der Waals surface area (Å²) in [5, 5.41) is 8.98.